The van der Waals surface area contributed by atoms with Crippen LogP contribution in [0, 0.1) is 0 Å². The minimum atomic E-state index is -5.13. The normalized spacial score (nSPS) is 16.5. The van der Waals surface area contributed by atoms with Gasteiger partial charge in [0.2, 0.25) is 5.91 Å². The summed E-state index contributed by atoms with van der Waals surface area (Å²) < 4.78 is 119. The lowest BCUT2D eigenvalue weighted by molar-refractivity contribution is -0.143. The highest BCUT2D eigenvalue weighted by molar-refractivity contribution is 5.96. The van der Waals surface area contributed by atoms with E-state index in [4.69, 9.17) is 0 Å². The standard InChI is InChI=1S/C30H23F9N2O2/c31-28(32,33)22-9-6-19(7-10-22)8-11-26(42)40-12-13-41(25(18-40)14-20-4-2-1-3-5-20)27(43)21-15-23(29(34,35)36)17-24(16-21)30(37,38)39/h1-11,15-17,25H,12-14,18H2/t25-/m1/s1. The topological polar surface area (TPSA) is 40.6 Å². The van der Waals surface area contributed by atoms with Crippen molar-refractivity contribution < 1.29 is 49.1 Å². The van der Waals surface area contributed by atoms with Crippen LogP contribution in [0.4, 0.5) is 39.5 Å². The van der Waals surface area contributed by atoms with Crippen LogP contribution in [0.15, 0.2) is 78.9 Å². The molecule has 4 nitrogen and oxygen atoms in total. The molecule has 0 N–H and O–H groups in total. The van der Waals surface area contributed by atoms with Gasteiger partial charge < -0.3 is 9.80 Å². The maximum absolute atomic E-state index is 13.4. The first-order valence-electron chi connectivity index (χ1n) is 12.8. The number of nitrogens with zero attached hydrogens (tertiary/aromatic N) is 2. The van der Waals surface area contributed by atoms with E-state index in [9.17, 15) is 49.1 Å². The van der Waals surface area contributed by atoms with Crippen molar-refractivity contribution in [2.24, 2.45) is 0 Å². The van der Waals surface area contributed by atoms with E-state index < -0.39 is 58.6 Å². The van der Waals surface area contributed by atoms with Crippen molar-refractivity contribution in [2.75, 3.05) is 19.6 Å². The minimum Gasteiger partial charge on any atom is -0.335 e. The maximum Gasteiger partial charge on any atom is 0.416 e. The quantitative estimate of drug-likeness (QED) is 0.223. The molecule has 4 rings (SSSR count). The molecular weight excluding hydrogens is 591 g/mol. The van der Waals surface area contributed by atoms with Gasteiger partial charge in [0, 0.05) is 31.3 Å². The Morgan fingerprint density at radius 3 is 1.81 bits per heavy atom. The first kappa shape index (κ1) is 31.6. The van der Waals surface area contributed by atoms with Gasteiger partial charge in [0.15, 0.2) is 0 Å². The lowest BCUT2D eigenvalue weighted by atomic mass is 9.99. The lowest BCUT2D eigenvalue weighted by Crippen LogP contribution is -2.57. The Morgan fingerprint density at radius 2 is 1.28 bits per heavy atom. The van der Waals surface area contributed by atoms with Gasteiger partial charge in [-0.15, -0.1) is 0 Å². The van der Waals surface area contributed by atoms with Crippen molar-refractivity contribution in [3.63, 3.8) is 0 Å². The third kappa shape index (κ3) is 7.96. The highest BCUT2D eigenvalue weighted by atomic mass is 19.4. The van der Waals surface area contributed by atoms with E-state index in [0.717, 1.165) is 23.1 Å². The van der Waals surface area contributed by atoms with Crippen molar-refractivity contribution in [3.05, 3.63) is 112 Å². The zero-order chi connectivity index (χ0) is 31.6. The number of hydrogen-bond acceptors (Lipinski definition) is 2. The summed E-state index contributed by atoms with van der Waals surface area (Å²) in [5.41, 5.74) is -3.85. The molecular formula is C30H23F9N2O2. The zero-order valence-corrected chi connectivity index (χ0v) is 22.1. The number of amides is 2. The zero-order valence-electron chi connectivity index (χ0n) is 22.1. The number of hydrogen-bond donors (Lipinski definition) is 0. The Kier molecular flexibility index (Phi) is 8.93. The van der Waals surface area contributed by atoms with Crippen LogP contribution in [0.2, 0.25) is 0 Å². The van der Waals surface area contributed by atoms with Crippen LogP contribution in [0.1, 0.15) is 38.2 Å². The average Bonchev–Trinajstić information content (AvgIpc) is 2.94. The van der Waals surface area contributed by atoms with Crippen molar-refractivity contribution >= 4 is 17.9 Å². The second kappa shape index (κ2) is 12.1. The largest absolute Gasteiger partial charge is 0.416 e. The first-order valence-corrected chi connectivity index (χ1v) is 12.8. The molecule has 0 aliphatic carbocycles. The Balaban J connectivity index is 1.59. The van der Waals surface area contributed by atoms with Crippen LogP contribution in [0.5, 0.6) is 0 Å². The number of benzene rings is 3. The van der Waals surface area contributed by atoms with Gasteiger partial charge in [0.05, 0.1) is 22.7 Å². The maximum atomic E-state index is 13.4. The number of halogens is 9. The highest BCUT2D eigenvalue weighted by Gasteiger charge is 2.39. The Labute approximate surface area is 240 Å². The molecule has 2 amide bonds. The predicted molar refractivity (Wildman–Crippen MR) is 138 cm³/mol. The lowest BCUT2D eigenvalue weighted by Gasteiger charge is -2.41. The second-order valence-corrected chi connectivity index (χ2v) is 9.87. The molecule has 0 radical (unpaired) electrons. The van der Waals surface area contributed by atoms with Gasteiger partial charge in [-0.25, -0.2) is 0 Å². The molecule has 0 aromatic heterocycles. The Bertz CT molecular complexity index is 1450. The molecule has 43 heavy (non-hydrogen) atoms. The van der Waals surface area contributed by atoms with Crippen LogP contribution in [0.25, 0.3) is 6.08 Å². The summed E-state index contributed by atoms with van der Waals surface area (Å²) in [5.74, 6) is -1.59. The molecule has 1 aliphatic heterocycles. The number of rotatable bonds is 5. The smallest absolute Gasteiger partial charge is 0.335 e. The van der Waals surface area contributed by atoms with Crippen molar-refractivity contribution in [1.29, 1.82) is 0 Å². The summed E-state index contributed by atoms with van der Waals surface area (Å²) >= 11 is 0. The third-order valence-electron chi connectivity index (χ3n) is 6.86. The number of piperazine rings is 1. The van der Waals surface area contributed by atoms with Crippen LogP contribution in [-0.2, 0) is 29.7 Å². The average molecular weight is 615 g/mol. The van der Waals surface area contributed by atoms with E-state index in [1.54, 1.807) is 30.3 Å². The van der Waals surface area contributed by atoms with Crippen LogP contribution < -0.4 is 0 Å². The van der Waals surface area contributed by atoms with Crippen LogP contribution >= 0.6 is 0 Å². The molecule has 3 aromatic rings. The van der Waals surface area contributed by atoms with E-state index in [1.165, 1.54) is 23.1 Å². The monoisotopic (exact) mass is 614 g/mol. The van der Waals surface area contributed by atoms with Crippen molar-refractivity contribution in [3.8, 4) is 0 Å². The van der Waals surface area contributed by atoms with Gasteiger partial charge >= 0.3 is 18.5 Å². The molecule has 0 bridgehead atoms. The Morgan fingerprint density at radius 1 is 0.721 bits per heavy atom. The first-order chi connectivity index (χ1) is 20.0. The summed E-state index contributed by atoms with van der Waals surface area (Å²) in [4.78, 5) is 28.9. The Hall–Kier alpha value is -4.29. The summed E-state index contributed by atoms with van der Waals surface area (Å²) in [5, 5.41) is 0. The van der Waals surface area contributed by atoms with Crippen molar-refractivity contribution in [2.45, 2.75) is 31.0 Å². The van der Waals surface area contributed by atoms with E-state index in [-0.39, 0.29) is 32.1 Å². The third-order valence-corrected chi connectivity index (χ3v) is 6.86. The van der Waals surface area contributed by atoms with Gasteiger partial charge in [0.25, 0.3) is 5.91 Å². The minimum absolute atomic E-state index is 0.0577. The molecule has 0 spiro atoms. The van der Waals surface area contributed by atoms with Gasteiger partial charge in [0.1, 0.15) is 0 Å². The number of carbonyl (C=O) groups excluding carboxylic acids is 2. The molecule has 228 valence electrons. The molecule has 0 unspecified atom stereocenters. The molecule has 1 fully saturated rings. The second-order valence-electron chi connectivity index (χ2n) is 9.87. The predicted octanol–water partition coefficient (Wildman–Crippen LogP) is 7.35. The van der Waals surface area contributed by atoms with E-state index in [0.29, 0.717) is 23.3 Å². The van der Waals surface area contributed by atoms with Gasteiger partial charge in [-0.3, -0.25) is 9.59 Å². The number of carbonyl (C=O) groups is 2. The van der Waals surface area contributed by atoms with E-state index in [2.05, 4.69) is 0 Å². The fourth-order valence-corrected chi connectivity index (χ4v) is 4.68. The molecule has 13 heteroatoms. The van der Waals surface area contributed by atoms with Crippen molar-refractivity contribution in [1.82, 2.24) is 9.80 Å². The summed E-state index contributed by atoms with van der Waals surface area (Å²) in [6.07, 6.45) is -12.2. The SMILES string of the molecule is O=C(C=Cc1ccc(C(F)(F)F)cc1)N1CCN(C(=O)c2cc(C(F)(F)F)cc(C(F)(F)F)c2)[C@H](Cc2ccccc2)C1. The van der Waals surface area contributed by atoms with E-state index in [1.807, 2.05) is 0 Å². The molecule has 1 saturated heterocycles. The molecule has 1 aliphatic rings. The van der Waals surface area contributed by atoms with Gasteiger partial charge in [-0.2, -0.15) is 39.5 Å². The number of alkyl halides is 9. The summed E-state index contributed by atoms with van der Waals surface area (Å²) in [7, 11) is 0. The highest BCUT2D eigenvalue weighted by Crippen LogP contribution is 2.37. The van der Waals surface area contributed by atoms with Crippen LogP contribution in [0.3, 0.4) is 0 Å². The van der Waals surface area contributed by atoms with E-state index >= 15 is 0 Å². The fraction of sp³-hybridized carbons (Fsp3) is 0.267. The fourth-order valence-electron chi connectivity index (χ4n) is 4.68. The summed E-state index contributed by atoms with van der Waals surface area (Å²) in [6, 6.07) is 12.6. The van der Waals surface area contributed by atoms with Gasteiger partial charge in [-0.05, 0) is 54.0 Å². The molecule has 3 aromatic carbocycles. The van der Waals surface area contributed by atoms with Gasteiger partial charge in [-0.1, -0.05) is 42.5 Å². The summed E-state index contributed by atoms with van der Waals surface area (Å²) in [6.45, 7) is -0.367. The van der Waals surface area contributed by atoms with Crippen LogP contribution in [-0.4, -0.2) is 47.3 Å². The molecule has 1 heterocycles. The molecule has 0 saturated carbocycles. The molecule has 1 atom stereocenters.